The van der Waals surface area contributed by atoms with Crippen molar-refractivity contribution in [2.75, 3.05) is 14.2 Å². The van der Waals surface area contributed by atoms with Gasteiger partial charge in [0.25, 0.3) is 0 Å². The van der Waals surface area contributed by atoms with Gasteiger partial charge in [-0.25, -0.2) is 0 Å². The van der Waals surface area contributed by atoms with Gasteiger partial charge < -0.3 is 9.47 Å². The van der Waals surface area contributed by atoms with Crippen LogP contribution in [0, 0.1) is 11.3 Å². The molecule has 0 N–H and O–H groups in total. The minimum atomic E-state index is 0.547. The smallest absolute Gasteiger partial charge is 0.140 e. The maximum Gasteiger partial charge on any atom is 0.140 e. The SMILES string of the molecule is COc1ccc(/C(C#N)=C/c2cc(Br)cc(Br)c2OC)cc1. The van der Waals surface area contributed by atoms with E-state index in [1.54, 1.807) is 20.3 Å². The van der Waals surface area contributed by atoms with E-state index >= 15 is 0 Å². The van der Waals surface area contributed by atoms with Crippen LogP contribution in [0.2, 0.25) is 0 Å². The van der Waals surface area contributed by atoms with E-state index < -0.39 is 0 Å². The standard InChI is InChI=1S/C17H13Br2NO2/c1-21-15-5-3-11(4-6-15)13(10-20)7-12-8-14(18)9-16(19)17(12)22-2/h3-9H,1-2H3/b13-7+. The van der Waals surface area contributed by atoms with Gasteiger partial charge in [0.05, 0.1) is 30.3 Å². The minimum absolute atomic E-state index is 0.547. The maximum absolute atomic E-state index is 9.46. The van der Waals surface area contributed by atoms with Crippen LogP contribution in [0.1, 0.15) is 11.1 Å². The highest BCUT2D eigenvalue weighted by Crippen LogP contribution is 2.35. The predicted molar refractivity (Wildman–Crippen MR) is 94.9 cm³/mol. The first kappa shape index (κ1) is 16.6. The van der Waals surface area contributed by atoms with Gasteiger partial charge in [0.1, 0.15) is 11.5 Å². The van der Waals surface area contributed by atoms with Crippen molar-refractivity contribution < 1.29 is 9.47 Å². The first-order chi connectivity index (χ1) is 10.6. The molecule has 0 heterocycles. The van der Waals surface area contributed by atoms with Crippen molar-refractivity contribution in [2.24, 2.45) is 0 Å². The van der Waals surface area contributed by atoms with E-state index in [1.807, 2.05) is 36.4 Å². The van der Waals surface area contributed by atoms with Gasteiger partial charge in [0, 0.05) is 10.0 Å². The Balaban J connectivity index is 2.51. The van der Waals surface area contributed by atoms with E-state index in [-0.39, 0.29) is 0 Å². The zero-order chi connectivity index (χ0) is 16.1. The average Bonchev–Trinajstić information content (AvgIpc) is 2.52. The molecule has 112 valence electrons. The summed E-state index contributed by atoms with van der Waals surface area (Å²) < 4.78 is 12.3. The lowest BCUT2D eigenvalue weighted by Gasteiger charge is -2.09. The first-order valence-electron chi connectivity index (χ1n) is 6.38. The summed E-state index contributed by atoms with van der Waals surface area (Å²) in [6.07, 6.45) is 1.80. The minimum Gasteiger partial charge on any atom is -0.497 e. The molecule has 3 nitrogen and oxygen atoms in total. The third-order valence-electron chi connectivity index (χ3n) is 3.06. The Morgan fingerprint density at radius 2 is 1.77 bits per heavy atom. The molecule has 0 saturated carbocycles. The molecule has 2 rings (SSSR count). The molecule has 0 saturated heterocycles. The molecule has 0 amide bonds. The number of hydrogen-bond donors (Lipinski definition) is 0. The van der Waals surface area contributed by atoms with E-state index in [1.165, 1.54) is 0 Å². The summed E-state index contributed by atoms with van der Waals surface area (Å²) in [5, 5.41) is 9.46. The normalized spacial score (nSPS) is 11.0. The Bertz CT molecular complexity index is 746. The van der Waals surface area contributed by atoms with E-state index in [2.05, 4.69) is 37.9 Å². The fraction of sp³-hybridized carbons (Fsp3) is 0.118. The number of allylic oxidation sites excluding steroid dienone is 1. The predicted octanol–water partition coefficient (Wildman–Crippen LogP) is 5.29. The Hall–Kier alpha value is -1.77. The second kappa shape index (κ2) is 7.48. The van der Waals surface area contributed by atoms with Crippen LogP contribution in [0.5, 0.6) is 11.5 Å². The molecule has 0 radical (unpaired) electrons. The highest BCUT2D eigenvalue weighted by atomic mass is 79.9. The molecule has 2 aromatic rings. The molecule has 5 heteroatoms. The second-order valence-corrected chi connectivity index (χ2v) is 6.18. The molecule has 0 unspecified atom stereocenters. The maximum atomic E-state index is 9.46. The van der Waals surface area contributed by atoms with Crippen LogP contribution < -0.4 is 9.47 Å². The summed E-state index contributed by atoms with van der Waals surface area (Å²) in [7, 11) is 3.21. The largest absolute Gasteiger partial charge is 0.497 e. The van der Waals surface area contributed by atoms with Gasteiger partial charge in [-0.15, -0.1) is 0 Å². The lowest BCUT2D eigenvalue weighted by atomic mass is 10.0. The third kappa shape index (κ3) is 3.70. The zero-order valence-electron chi connectivity index (χ0n) is 12.1. The number of benzene rings is 2. The van der Waals surface area contributed by atoms with Gasteiger partial charge in [0.2, 0.25) is 0 Å². The molecule has 0 aliphatic carbocycles. The monoisotopic (exact) mass is 421 g/mol. The molecule has 2 aromatic carbocycles. The quantitative estimate of drug-likeness (QED) is 0.496. The Morgan fingerprint density at radius 3 is 2.32 bits per heavy atom. The number of hydrogen-bond acceptors (Lipinski definition) is 3. The van der Waals surface area contributed by atoms with E-state index in [0.29, 0.717) is 11.3 Å². The van der Waals surface area contributed by atoms with Gasteiger partial charge in [-0.05, 0) is 64.0 Å². The molecule has 22 heavy (non-hydrogen) atoms. The summed E-state index contributed by atoms with van der Waals surface area (Å²) in [6.45, 7) is 0. The van der Waals surface area contributed by atoms with Crippen molar-refractivity contribution in [1.82, 2.24) is 0 Å². The van der Waals surface area contributed by atoms with Crippen LogP contribution in [0.25, 0.3) is 11.6 Å². The second-order valence-electron chi connectivity index (χ2n) is 4.41. The van der Waals surface area contributed by atoms with Crippen molar-refractivity contribution in [3.8, 4) is 17.6 Å². The molecule has 0 aliphatic rings. The highest BCUT2D eigenvalue weighted by molar-refractivity contribution is 9.11. The van der Waals surface area contributed by atoms with E-state index in [9.17, 15) is 5.26 Å². The summed E-state index contributed by atoms with van der Waals surface area (Å²) in [5.41, 5.74) is 2.18. The van der Waals surface area contributed by atoms with E-state index in [4.69, 9.17) is 9.47 Å². The van der Waals surface area contributed by atoms with Gasteiger partial charge in [-0.3, -0.25) is 0 Å². The lowest BCUT2D eigenvalue weighted by Crippen LogP contribution is -1.90. The molecule has 0 aromatic heterocycles. The first-order valence-corrected chi connectivity index (χ1v) is 7.97. The van der Waals surface area contributed by atoms with E-state index in [0.717, 1.165) is 25.8 Å². The molecule has 0 aliphatic heterocycles. The van der Waals surface area contributed by atoms with Gasteiger partial charge >= 0.3 is 0 Å². The number of nitrogens with zero attached hydrogens (tertiary/aromatic N) is 1. The van der Waals surface area contributed by atoms with Crippen LogP contribution in [-0.4, -0.2) is 14.2 Å². The Kier molecular flexibility index (Phi) is 5.64. The van der Waals surface area contributed by atoms with Crippen LogP contribution in [-0.2, 0) is 0 Å². The average molecular weight is 423 g/mol. The number of methoxy groups -OCH3 is 2. The summed E-state index contributed by atoms with van der Waals surface area (Å²) in [4.78, 5) is 0. The molecule has 0 atom stereocenters. The fourth-order valence-corrected chi connectivity index (χ4v) is 3.43. The topological polar surface area (TPSA) is 42.2 Å². The lowest BCUT2D eigenvalue weighted by molar-refractivity contribution is 0.411. The van der Waals surface area contributed by atoms with Crippen molar-refractivity contribution in [3.05, 3.63) is 56.5 Å². The number of rotatable bonds is 4. The summed E-state index contributed by atoms with van der Waals surface area (Å²) in [5.74, 6) is 1.44. The third-order valence-corrected chi connectivity index (χ3v) is 4.11. The zero-order valence-corrected chi connectivity index (χ0v) is 15.2. The summed E-state index contributed by atoms with van der Waals surface area (Å²) in [6, 6.07) is 13.4. The van der Waals surface area contributed by atoms with Crippen molar-refractivity contribution in [2.45, 2.75) is 0 Å². The van der Waals surface area contributed by atoms with Crippen molar-refractivity contribution in [3.63, 3.8) is 0 Å². The molecular formula is C17H13Br2NO2. The number of halogens is 2. The van der Waals surface area contributed by atoms with Gasteiger partial charge in [-0.2, -0.15) is 5.26 Å². The fourth-order valence-electron chi connectivity index (χ4n) is 2.01. The molecule has 0 spiro atoms. The van der Waals surface area contributed by atoms with Crippen molar-refractivity contribution >= 4 is 43.5 Å². The molecule has 0 fully saturated rings. The Morgan fingerprint density at radius 1 is 1.09 bits per heavy atom. The number of nitriles is 1. The van der Waals surface area contributed by atoms with Gasteiger partial charge in [-0.1, -0.05) is 15.9 Å². The van der Waals surface area contributed by atoms with Crippen molar-refractivity contribution in [1.29, 1.82) is 5.26 Å². The highest BCUT2D eigenvalue weighted by Gasteiger charge is 2.10. The number of ether oxygens (including phenoxy) is 2. The molecule has 0 bridgehead atoms. The van der Waals surface area contributed by atoms with Crippen LogP contribution >= 0.6 is 31.9 Å². The summed E-state index contributed by atoms with van der Waals surface area (Å²) >= 11 is 6.91. The van der Waals surface area contributed by atoms with Crippen LogP contribution in [0.3, 0.4) is 0 Å². The van der Waals surface area contributed by atoms with Gasteiger partial charge in [0.15, 0.2) is 0 Å². The molecular weight excluding hydrogens is 410 g/mol. The van der Waals surface area contributed by atoms with Crippen LogP contribution in [0.4, 0.5) is 0 Å². The van der Waals surface area contributed by atoms with Crippen LogP contribution in [0.15, 0.2) is 45.3 Å². The Labute approximate surface area is 146 Å².